The fourth-order valence-corrected chi connectivity index (χ4v) is 1.80. The van der Waals surface area contributed by atoms with Gasteiger partial charge >= 0.3 is 0 Å². The van der Waals surface area contributed by atoms with Gasteiger partial charge in [0.1, 0.15) is 0 Å². The quantitative estimate of drug-likeness (QED) is 0.691. The van der Waals surface area contributed by atoms with Crippen molar-refractivity contribution >= 4 is 0 Å². The van der Waals surface area contributed by atoms with Gasteiger partial charge in [0.2, 0.25) is 0 Å². The Kier molecular flexibility index (Phi) is 3.07. The van der Waals surface area contributed by atoms with Crippen LogP contribution in [0.25, 0.3) is 0 Å². The highest BCUT2D eigenvalue weighted by molar-refractivity contribution is 4.71. The van der Waals surface area contributed by atoms with Crippen LogP contribution in [0.5, 0.6) is 0 Å². The van der Waals surface area contributed by atoms with Gasteiger partial charge in [-0.05, 0) is 20.3 Å². The summed E-state index contributed by atoms with van der Waals surface area (Å²) in [6.07, 6.45) is 2.00. The molecule has 0 aromatic heterocycles. The van der Waals surface area contributed by atoms with Crippen molar-refractivity contribution in [2.45, 2.75) is 44.9 Å². The third-order valence-electron chi connectivity index (χ3n) is 2.48. The monoisotopic (exact) mass is 202 g/mol. The highest BCUT2D eigenvalue weighted by Gasteiger charge is 2.33. The molecule has 2 rings (SSSR count). The van der Waals surface area contributed by atoms with Crippen molar-refractivity contribution in [3.05, 3.63) is 0 Å². The molecule has 2 aliphatic heterocycles. The third kappa shape index (κ3) is 2.67. The molecule has 2 saturated heterocycles. The van der Waals surface area contributed by atoms with Crippen molar-refractivity contribution in [1.82, 2.24) is 0 Å². The van der Waals surface area contributed by atoms with Crippen LogP contribution in [-0.4, -0.2) is 38.0 Å². The Labute approximate surface area is 84.5 Å². The molecule has 2 fully saturated rings. The summed E-state index contributed by atoms with van der Waals surface area (Å²) >= 11 is 0. The van der Waals surface area contributed by atoms with Crippen LogP contribution in [0.15, 0.2) is 0 Å². The lowest BCUT2D eigenvalue weighted by Gasteiger charge is -2.17. The molecule has 0 aromatic carbocycles. The van der Waals surface area contributed by atoms with Crippen LogP contribution in [0, 0.1) is 0 Å². The van der Waals surface area contributed by atoms with E-state index in [1.54, 1.807) is 0 Å². The Bertz CT molecular complexity index is 187. The zero-order valence-corrected chi connectivity index (χ0v) is 8.82. The van der Waals surface area contributed by atoms with Crippen molar-refractivity contribution in [3.8, 4) is 0 Å². The summed E-state index contributed by atoms with van der Waals surface area (Å²) in [6, 6.07) is 0. The van der Waals surface area contributed by atoms with Crippen LogP contribution < -0.4 is 0 Å². The summed E-state index contributed by atoms with van der Waals surface area (Å²) in [6.45, 7) is 6.00. The molecule has 82 valence electrons. The molecule has 0 saturated carbocycles. The molecule has 0 unspecified atom stereocenters. The van der Waals surface area contributed by atoms with Gasteiger partial charge in [0.05, 0.1) is 25.9 Å². The molecular formula is C10H18O4. The van der Waals surface area contributed by atoms with E-state index in [-0.39, 0.29) is 12.4 Å². The predicted molar refractivity (Wildman–Crippen MR) is 49.8 cm³/mol. The highest BCUT2D eigenvalue weighted by atomic mass is 16.7. The highest BCUT2D eigenvalue weighted by Crippen LogP contribution is 2.25. The summed E-state index contributed by atoms with van der Waals surface area (Å²) in [7, 11) is 0. The molecule has 4 nitrogen and oxygen atoms in total. The van der Waals surface area contributed by atoms with Crippen LogP contribution in [0.3, 0.4) is 0 Å². The Morgan fingerprint density at radius 1 is 1.14 bits per heavy atom. The fraction of sp³-hybridized carbons (Fsp3) is 1.00. The largest absolute Gasteiger partial charge is 0.350 e. The lowest BCUT2D eigenvalue weighted by atomic mass is 10.2. The van der Waals surface area contributed by atoms with Crippen LogP contribution >= 0.6 is 0 Å². The Morgan fingerprint density at radius 3 is 2.43 bits per heavy atom. The summed E-state index contributed by atoms with van der Waals surface area (Å²) in [5.41, 5.74) is 0. The van der Waals surface area contributed by atoms with E-state index in [9.17, 15) is 0 Å². The van der Waals surface area contributed by atoms with Crippen LogP contribution in [0.4, 0.5) is 0 Å². The first-order chi connectivity index (χ1) is 6.66. The molecule has 0 N–H and O–H groups in total. The van der Waals surface area contributed by atoms with E-state index < -0.39 is 5.79 Å². The molecule has 1 atom stereocenters. The molecule has 2 aliphatic rings. The molecule has 2 heterocycles. The van der Waals surface area contributed by atoms with Gasteiger partial charge in [0.15, 0.2) is 12.1 Å². The topological polar surface area (TPSA) is 36.9 Å². The van der Waals surface area contributed by atoms with E-state index in [1.165, 1.54) is 0 Å². The molecule has 14 heavy (non-hydrogen) atoms. The molecule has 0 aromatic rings. The van der Waals surface area contributed by atoms with E-state index in [4.69, 9.17) is 18.9 Å². The van der Waals surface area contributed by atoms with Gasteiger partial charge in [0.25, 0.3) is 0 Å². The lowest BCUT2D eigenvalue weighted by molar-refractivity contribution is -0.141. The van der Waals surface area contributed by atoms with Gasteiger partial charge in [-0.2, -0.15) is 0 Å². The zero-order chi connectivity index (χ0) is 10.0. The Morgan fingerprint density at radius 2 is 1.86 bits per heavy atom. The van der Waals surface area contributed by atoms with Crippen molar-refractivity contribution in [2.75, 3.05) is 19.8 Å². The first kappa shape index (κ1) is 10.4. The molecule has 4 heteroatoms. The summed E-state index contributed by atoms with van der Waals surface area (Å²) in [5.74, 6) is -0.415. The lowest BCUT2D eigenvalue weighted by Crippen LogP contribution is -2.22. The van der Waals surface area contributed by atoms with E-state index in [0.29, 0.717) is 6.61 Å². The summed E-state index contributed by atoms with van der Waals surface area (Å²) in [4.78, 5) is 0. The first-order valence-electron chi connectivity index (χ1n) is 5.21. The molecule has 0 radical (unpaired) electrons. The van der Waals surface area contributed by atoms with Gasteiger partial charge in [-0.25, -0.2) is 0 Å². The van der Waals surface area contributed by atoms with Crippen molar-refractivity contribution in [2.24, 2.45) is 0 Å². The predicted octanol–water partition coefficient (Wildman–Crippen LogP) is 1.29. The Hall–Kier alpha value is -0.160. The average molecular weight is 202 g/mol. The fourth-order valence-electron chi connectivity index (χ4n) is 1.80. The second-order valence-corrected chi connectivity index (χ2v) is 4.20. The van der Waals surface area contributed by atoms with Gasteiger partial charge in [-0.1, -0.05) is 0 Å². The van der Waals surface area contributed by atoms with Gasteiger partial charge in [-0.15, -0.1) is 0 Å². The SMILES string of the molecule is CC1(C)OC[C@@H](CCC2OCCO2)O1. The molecule has 0 spiro atoms. The second-order valence-electron chi connectivity index (χ2n) is 4.20. The third-order valence-corrected chi connectivity index (χ3v) is 2.48. The molecule has 0 bridgehead atoms. The molecular weight excluding hydrogens is 184 g/mol. The van der Waals surface area contributed by atoms with E-state index in [2.05, 4.69) is 0 Å². The smallest absolute Gasteiger partial charge is 0.163 e. The number of hydrogen-bond donors (Lipinski definition) is 0. The maximum atomic E-state index is 5.68. The minimum absolute atomic E-state index is 0.0256. The van der Waals surface area contributed by atoms with Gasteiger partial charge in [-0.3, -0.25) is 0 Å². The van der Waals surface area contributed by atoms with Gasteiger partial charge < -0.3 is 18.9 Å². The summed E-state index contributed by atoms with van der Waals surface area (Å²) in [5, 5.41) is 0. The zero-order valence-electron chi connectivity index (χ0n) is 8.82. The molecule has 0 aliphatic carbocycles. The van der Waals surface area contributed by atoms with E-state index >= 15 is 0 Å². The number of rotatable bonds is 3. The van der Waals surface area contributed by atoms with Crippen LogP contribution in [0.1, 0.15) is 26.7 Å². The average Bonchev–Trinajstić information content (AvgIpc) is 2.70. The first-order valence-corrected chi connectivity index (χ1v) is 5.21. The minimum atomic E-state index is -0.415. The van der Waals surface area contributed by atoms with Crippen LogP contribution in [0.2, 0.25) is 0 Å². The normalized spacial score (nSPS) is 32.6. The Balaban J connectivity index is 1.66. The number of hydrogen-bond acceptors (Lipinski definition) is 4. The standard InChI is InChI=1S/C10H18O4/c1-10(2)13-7-8(14-10)3-4-9-11-5-6-12-9/h8-9H,3-7H2,1-2H3/t8-/m1/s1. The van der Waals surface area contributed by atoms with Gasteiger partial charge in [0, 0.05) is 6.42 Å². The number of ether oxygens (including phenoxy) is 4. The van der Waals surface area contributed by atoms with Crippen molar-refractivity contribution in [1.29, 1.82) is 0 Å². The van der Waals surface area contributed by atoms with E-state index in [0.717, 1.165) is 26.1 Å². The maximum Gasteiger partial charge on any atom is 0.163 e. The van der Waals surface area contributed by atoms with Crippen LogP contribution in [-0.2, 0) is 18.9 Å². The summed E-state index contributed by atoms with van der Waals surface area (Å²) < 4.78 is 21.8. The molecule has 0 amide bonds. The van der Waals surface area contributed by atoms with Crippen molar-refractivity contribution < 1.29 is 18.9 Å². The van der Waals surface area contributed by atoms with E-state index in [1.807, 2.05) is 13.8 Å². The minimum Gasteiger partial charge on any atom is -0.350 e. The second kappa shape index (κ2) is 4.14. The van der Waals surface area contributed by atoms with Crippen molar-refractivity contribution in [3.63, 3.8) is 0 Å². The maximum absolute atomic E-state index is 5.68.